The van der Waals surface area contributed by atoms with Gasteiger partial charge in [-0.3, -0.25) is 4.90 Å². The molecule has 0 aromatic rings. The molecule has 2 saturated carbocycles. The van der Waals surface area contributed by atoms with Gasteiger partial charge in [-0.15, -0.1) is 0 Å². The fraction of sp³-hybridized carbons (Fsp3) is 1.00. The van der Waals surface area contributed by atoms with Crippen molar-refractivity contribution in [2.45, 2.75) is 82.3 Å². The van der Waals surface area contributed by atoms with Gasteiger partial charge in [0.05, 0.1) is 0 Å². The summed E-state index contributed by atoms with van der Waals surface area (Å²) in [6.45, 7) is 2.74. The molecule has 0 spiro atoms. The lowest BCUT2D eigenvalue weighted by Crippen LogP contribution is -2.49. The maximum atomic E-state index is 4.09. The van der Waals surface area contributed by atoms with Gasteiger partial charge in [0.15, 0.2) is 0 Å². The summed E-state index contributed by atoms with van der Waals surface area (Å²) in [5.41, 5.74) is 0. The first-order chi connectivity index (χ1) is 9.40. The highest BCUT2D eigenvalue weighted by atomic mass is 15.2. The molecule has 0 aromatic heterocycles. The first-order valence-corrected chi connectivity index (χ1v) is 8.90. The quantitative estimate of drug-likeness (QED) is 0.840. The predicted molar refractivity (Wildman–Crippen MR) is 79.2 cm³/mol. The number of rotatable bonds is 3. The van der Waals surface area contributed by atoms with Gasteiger partial charge in [0.2, 0.25) is 0 Å². The Labute approximate surface area is 118 Å². The normalized spacial score (nSPS) is 44.2. The van der Waals surface area contributed by atoms with Crippen molar-refractivity contribution in [2.24, 2.45) is 11.8 Å². The second kappa shape index (κ2) is 5.37. The summed E-state index contributed by atoms with van der Waals surface area (Å²) in [6.07, 6.45) is 14.8. The van der Waals surface area contributed by atoms with Gasteiger partial charge in [-0.05, 0) is 63.3 Å². The molecular formula is C17H30N2. The molecule has 2 heterocycles. The molecule has 4 fully saturated rings. The third-order valence-electron chi connectivity index (χ3n) is 6.31. The van der Waals surface area contributed by atoms with Crippen LogP contribution in [0.25, 0.3) is 0 Å². The molecule has 2 aliphatic heterocycles. The smallest absolute Gasteiger partial charge is 0.0249 e. The second-order valence-corrected chi connectivity index (χ2v) is 7.62. The van der Waals surface area contributed by atoms with Crippen LogP contribution in [0.4, 0.5) is 0 Å². The fourth-order valence-electron chi connectivity index (χ4n) is 5.12. The van der Waals surface area contributed by atoms with Gasteiger partial charge in [0.1, 0.15) is 0 Å². The third-order valence-corrected chi connectivity index (χ3v) is 6.31. The summed E-state index contributed by atoms with van der Waals surface area (Å²) in [5, 5.41) is 4.09. The summed E-state index contributed by atoms with van der Waals surface area (Å²) in [5.74, 6) is 2.20. The van der Waals surface area contributed by atoms with Crippen LogP contribution in [-0.2, 0) is 0 Å². The molecule has 0 aromatic carbocycles. The topological polar surface area (TPSA) is 15.3 Å². The van der Waals surface area contributed by atoms with Crippen LogP contribution >= 0.6 is 0 Å². The number of hydrogen-bond acceptors (Lipinski definition) is 2. The van der Waals surface area contributed by atoms with Crippen molar-refractivity contribution in [1.82, 2.24) is 10.2 Å². The minimum Gasteiger partial charge on any atom is -0.310 e. The zero-order valence-electron chi connectivity index (χ0n) is 12.3. The minimum absolute atomic E-state index is 0.822. The van der Waals surface area contributed by atoms with Crippen LogP contribution in [-0.4, -0.2) is 36.1 Å². The predicted octanol–water partition coefficient (Wildman–Crippen LogP) is 3.17. The molecule has 19 heavy (non-hydrogen) atoms. The molecule has 4 atom stereocenters. The van der Waals surface area contributed by atoms with Crippen LogP contribution in [0.2, 0.25) is 0 Å². The Hall–Kier alpha value is -0.0800. The van der Waals surface area contributed by atoms with Crippen LogP contribution in [0, 0.1) is 11.8 Å². The number of hydrogen-bond donors (Lipinski definition) is 1. The van der Waals surface area contributed by atoms with Gasteiger partial charge in [-0.25, -0.2) is 0 Å². The molecule has 4 aliphatic rings. The molecule has 2 heteroatoms. The highest BCUT2D eigenvalue weighted by Crippen LogP contribution is 2.44. The minimum atomic E-state index is 0.822. The highest BCUT2D eigenvalue weighted by Gasteiger charge is 2.39. The first-order valence-electron chi connectivity index (χ1n) is 8.90. The number of piperidine rings is 1. The summed E-state index contributed by atoms with van der Waals surface area (Å²) in [6, 6.07) is 2.56. The Morgan fingerprint density at radius 1 is 0.737 bits per heavy atom. The van der Waals surface area contributed by atoms with Crippen molar-refractivity contribution >= 4 is 0 Å². The van der Waals surface area contributed by atoms with E-state index in [0.717, 1.165) is 30.0 Å². The van der Waals surface area contributed by atoms with Gasteiger partial charge in [-0.2, -0.15) is 0 Å². The van der Waals surface area contributed by atoms with E-state index in [1.54, 1.807) is 0 Å². The van der Waals surface area contributed by atoms with Crippen molar-refractivity contribution in [1.29, 1.82) is 0 Å². The van der Waals surface area contributed by atoms with E-state index in [1.165, 1.54) is 77.3 Å². The zero-order valence-corrected chi connectivity index (χ0v) is 12.3. The molecule has 2 aliphatic carbocycles. The molecule has 0 bridgehead atoms. The molecule has 1 N–H and O–H groups in total. The van der Waals surface area contributed by atoms with Gasteiger partial charge < -0.3 is 5.32 Å². The van der Waals surface area contributed by atoms with E-state index in [4.69, 9.17) is 0 Å². The molecule has 108 valence electrons. The van der Waals surface area contributed by atoms with Gasteiger partial charge in [-0.1, -0.05) is 19.3 Å². The van der Waals surface area contributed by atoms with Crippen LogP contribution in [0.15, 0.2) is 0 Å². The lowest BCUT2D eigenvalue weighted by atomic mass is 9.82. The van der Waals surface area contributed by atoms with Crippen molar-refractivity contribution in [3.8, 4) is 0 Å². The van der Waals surface area contributed by atoms with Gasteiger partial charge in [0, 0.05) is 24.7 Å². The van der Waals surface area contributed by atoms with Crippen LogP contribution in [0.3, 0.4) is 0 Å². The molecule has 2 saturated heterocycles. The fourth-order valence-corrected chi connectivity index (χ4v) is 5.12. The van der Waals surface area contributed by atoms with E-state index in [9.17, 15) is 0 Å². The summed E-state index contributed by atoms with van der Waals surface area (Å²) < 4.78 is 0. The standard InChI is InChI=1S/C17H30N2/c1-2-10-19-11-9-16(17(19)6-1)18-15-5-3-4-14(12-15)13-7-8-13/h13-18H,1-12H2. The van der Waals surface area contributed by atoms with E-state index in [0.29, 0.717) is 0 Å². The van der Waals surface area contributed by atoms with E-state index in [1.807, 2.05) is 0 Å². The molecule has 4 unspecified atom stereocenters. The van der Waals surface area contributed by atoms with E-state index < -0.39 is 0 Å². The number of nitrogens with one attached hydrogen (secondary N) is 1. The summed E-state index contributed by atoms with van der Waals surface area (Å²) in [4.78, 5) is 2.77. The lowest BCUT2D eigenvalue weighted by molar-refractivity contribution is 0.166. The van der Waals surface area contributed by atoms with Crippen LogP contribution in [0.1, 0.15) is 64.2 Å². The molecule has 4 rings (SSSR count). The van der Waals surface area contributed by atoms with E-state index in [-0.39, 0.29) is 0 Å². The monoisotopic (exact) mass is 262 g/mol. The Morgan fingerprint density at radius 3 is 2.58 bits per heavy atom. The summed E-state index contributed by atoms with van der Waals surface area (Å²) in [7, 11) is 0. The molecule has 0 radical (unpaired) electrons. The SMILES string of the molecule is C1CC(NC2CCN3CCCCC23)CC(C2CC2)C1. The number of fused-ring (bicyclic) bond motifs is 1. The van der Waals surface area contributed by atoms with Gasteiger partial charge in [0.25, 0.3) is 0 Å². The van der Waals surface area contributed by atoms with Crippen molar-refractivity contribution in [3.05, 3.63) is 0 Å². The average Bonchev–Trinajstić information content (AvgIpc) is 3.23. The Morgan fingerprint density at radius 2 is 1.68 bits per heavy atom. The summed E-state index contributed by atoms with van der Waals surface area (Å²) >= 11 is 0. The van der Waals surface area contributed by atoms with Crippen molar-refractivity contribution in [2.75, 3.05) is 13.1 Å². The lowest BCUT2D eigenvalue weighted by Gasteiger charge is -2.37. The Balaban J connectivity index is 1.33. The largest absolute Gasteiger partial charge is 0.310 e. The van der Waals surface area contributed by atoms with Crippen molar-refractivity contribution in [3.63, 3.8) is 0 Å². The Kier molecular flexibility index (Phi) is 3.57. The zero-order chi connectivity index (χ0) is 12.7. The van der Waals surface area contributed by atoms with E-state index in [2.05, 4.69) is 10.2 Å². The Bertz CT molecular complexity index is 312. The molecular weight excluding hydrogens is 232 g/mol. The third kappa shape index (κ3) is 2.71. The maximum Gasteiger partial charge on any atom is 0.0249 e. The highest BCUT2D eigenvalue weighted by molar-refractivity contribution is 4.97. The maximum absolute atomic E-state index is 4.09. The molecule has 2 nitrogen and oxygen atoms in total. The van der Waals surface area contributed by atoms with Crippen LogP contribution in [0.5, 0.6) is 0 Å². The van der Waals surface area contributed by atoms with E-state index >= 15 is 0 Å². The average molecular weight is 262 g/mol. The second-order valence-electron chi connectivity index (χ2n) is 7.62. The van der Waals surface area contributed by atoms with Crippen molar-refractivity contribution < 1.29 is 0 Å². The van der Waals surface area contributed by atoms with Crippen LogP contribution < -0.4 is 5.32 Å². The first kappa shape index (κ1) is 12.6. The number of nitrogens with zero attached hydrogens (tertiary/aromatic N) is 1. The molecule has 0 amide bonds. The van der Waals surface area contributed by atoms with Gasteiger partial charge >= 0.3 is 0 Å².